The number of rotatable bonds is 4. The number of hydrogen-bond donors (Lipinski definition) is 1. The van der Waals surface area contributed by atoms with Crippen LogP contribution in [0.15, 0.2) is 60.0 Å². The number of aryl methyl sites for hydroxylation is 1. The molecule has 96 valence electrons. The highest BCUT2D eigenvalue weighted by atomic mass is 32.1. The van der Waals surface area contributed by atoms with E-state index in [0.29, 0.717) is 0 Å². The summed E-state index contributed by atoms with van der Waals surface area (Å²) in [7, 11) is 0. The first-order valence-electron chi connectivity index (χ1n) is 6.59. The van der Waals surface area contributed by atoms with Gasteiger partial charge in [0, 0.05) is 10.9 Å². The van der Waals surface area contributed by atoms with Gasteiger partial charge in [0.2, 0.25) is 0 Å². The van der Waals surface area contributed by atoms with Crippen LogP contribution in [0.3, 0.4) is 0 Å². The Morgan fingerprint density at radius 2 is 1.79 bits per heavy atom. The van der Waals surface area contributed by atoms with Crippen LogP contribution in [0.4, 0.5) is 0 Å². The minimum atomic E-state index is 0.117. The van der Waals surface area contributed by atoms with Gasteiger partial charge in [0.25, 0.3) is 0 Å². The zero-order valence-electron chi connectivity index (χ0n) is 10.8. The van der Waals surface area contributed by atoms with Crippen LogP contribution in [0.1, 0.15) is 22.9 Å². The van der Waals surface area contributed by atoms with Gasteiger partial charge in [-0.15, -0.1) is 11.3 Å². The molecular weight excluding hydrogens is 250 g/mol. The largest absolute Gasteiger partial charge is 0.324 e. The molecule has 0 radical (unpaired) electrons. The van der Waals surface area contributed by atoms with Crippen LogP contribution < -0.4 is 5.73 Å². The van der Waals surface area contributed by atoms with Gasteiger partial charge >= 0.3 is 0 Å². The summed E-state index contributed by atoms with van der Waals surface area (Å²) in [5.41, 5.74) is 7.54. The van der Waals surface area contributed by atoms with Crippen molar-refractivity contribution in [3.63, 3.8) is 0 Å². The fourth-order valence-electron chi connectivity index (χ4n) is 2.36. The number of thiophene rings is 1. The third-order valence-electron chi connectivity index (χ3n) is 3.48. The van der Waals surface area contributed by atoms with Crippen LogP contribution >= 0.6 is 11.3 Å². The average molecular weight is 267 g/mol. The van der Waals surface area contributed by atoms with Crippen molar-refractivity contribution in [3.05, 3.63) is 70.4 Å². The van der Waals surface area contributed by atoms with Crippen molar-refractivity contribution in [2.24, 2.45) is 5.73 Å². The first-order valence-corrected chi connectivity index (χ1v) is 7.47. The first-order chi connectivity index (χ1) is 9.33. The molecule has 1 nitrogen and oxygen atoms in total. The van der Waals surface area contributed by atoms with Crippen molar-refractivity contribution < 1.29 is 0 Å². The van der Waals surface area contributed by atoms with Crippen molar-refractivity contribution >= 4 is 22.1 Å². The van der Waals surface area contributed by atoms with E-state index >= 15 is 0 Å². The Balaban J connectivity index is 1.75. The monoisotopic (exact) mass is 267 g/mol. The lowest BCUT2D eigenvalue weighted by Gasteiger charge is -2.12. The van der Waals surface area contributed by atoms with Gasteiger partial charge in [-0.1, -0.05) is 42.5 Å². The molecule has 2 heteroatoms. The molecule has 0 aliphatic heterocycles. The maximum atomic E-state index is 6.31. The molecule has 1 aromatic heterocycles. The molecule has 0 fully saturated rings. The van der Waals surface area contributed by atoms with Crippen LogP contribution in [0.2, 0.25) is 0 Å². The average Bonchev–Trinajstić information content (AvgIpc) is 2.97. The van der Waals surface area contributed by atoms with Crippen molar-refractivity contribution in [1.29, 1.82) is 0 Å². The van der Waals surface area contributed by atoms with E-state index < -0.39 is 0 Å². The molecule has 19 heavy (non-hydrogen) atoms. The Kier molecular flexibility index (Phi) is 3.62. The lowest BCUT2D eigenvalue weighted by Crippen LogP contribution is -2.10. The molecular formula is C17H17NS. The molecule has 0 bridgehead atoms. The minimum Gasteiger partial charge on any atom is -0.324 e. The maximum absolute atomic E-state index is 6.31. The van der Waals surface area contributed by atoms with Gasteiger partial charge in [0.15, 0.2) is 0 Å². The molecule has 0 amide bonds. The van der Waals surface area contributed by atoms with Gasteiger partial charge in [-0.2, -0.15) is 0 Å². The van der Waals surface area contributed by atoms with Crippen LogP contribution in [0.25, 0.3) is 10.8 Å². The van der Waals surface area contributed by atoms with Gasteiger partial charge in [0.1, 0.15) is 0 Å². The summed E-state index contributed by atoms with van der Waals surface area (Å²) in [4.78, 5) is 1.41. The summed E-state index contributed by atoms with van der Waals surface area (Å²) < 4.78 is 0. The number of hydrogen-bond acceptors (Lipinski definition) is 2. The smallest absolute Gasteiger partial charge is 0.0298 e. The molecule has 1 unspecified atom stereocenters. The normalized spacial score (nSPS) is 12.7. The summed E-state index contributed by atoms with van der Waals surface area (Å²) in [5.74, 6) is 0. The maximum Gasteiger partial charge on any atom is 0.0298 e. The Labute approximate surface area is 117 Å². The van der Waals surface area contributed by atoms with Crippen LogP contribution in [0.5, 0.6) is 0 Å². The van der Waals surface area contributed by atoms with E-state index in [2.05, 4.69) is 60.0 Å². The second-order valence-corrected chi connectivity index (χ2v) is 5.86. The van der Waals surface area contributed by atoms with Crippen molar-refractivity contribution in [2.75, 3.05) is 0 Å². The highest BCUT2D eigenvalue weighted by Gasteiger charge is 2.07. The zero-order chi connectivity index (χ0) is 13.1. The quantitative estimate of drug-likeness (QED) is 0.738. The van der Waals surface area contributed by atoms with E-state index in [4.69, 9.17) is 5.73 Å². The molecule has 0 saturated carbocycles. The predicted molar refractivity (Wildman–Crippen MR) is 83.5 cm³/mol. The topological polar surface area (TPSA) is 26.0 Å². The molecule has 1 heterocycles. The minimum absolute atomic E-state index is 0.117. The fourth-order valence-corrected chi connectivity index (χ4v) is 3.08. The Hall–Kier alpha value is -1.64. The van der Waals surface area contributed by atoms with Gasteiger partial charge in [-0.3, -0.25) is 0 Å². The third kappa shape index (κ3) is 2.86. The summed E-state index contributed by atoms with van der Waals surface area (Å²) >= 11 is 1.81. The van der Waals surface area contributed by atoms with Gasteiger partial charge < -0.3 is 5.73 Å². The summed E-state index contributed by atoms with van der Waals surface area (Å²) in [6.45, 7) is 0. The molecule has 0 aliphatic rings. The molecule has 0 aliphatic carbocycles. The van der Waals surface area contributed by atoms with Gasteiger partial charge in [-0.05, 0) is 46.7 Å². The molecule has 2 aromatic carbocycles. The highest BCUT2D eigenvalue weighted by molar-refractivity contribution is 7.09. The van der Waals surface area contributed by atoms with E-state index in [1.165, 1.54) is 21.2 Å². The van der Waals surface area contributed by atoms with Crippen molar-refractivity contribution in [1.82, 2.24) is 0 Å². The van der Waals surface area contributed by atoms with E-state index in [1.807, 2.05) is 11.3 Å². The molecule has 3 aromatic rings. The molecule has 0 saturated heterocycles. The summed E-state index contributed by atoms with van der Waals surface area (Å²) in [6.07, 6.45) is 2.06. The Morgan fingerprint density at radius 3 is 2.58 bits per heavy atom. The van der Waals surface area contributed by atoms with Crippen molar-refractivity contribution in [3.8, 4) is 0 Å². The Bertz CT molecular complexity index is 658. The van der Waals surface area contributed by atoms with Gasteiger partial charge in [-0.25, -0.2) is 0 Å². The van der Waals surface area contributed by atoms with Crippen molar-refractivity contribution in [2.45, 2.75) is 18.9 Å². The predicted octanol–water partition coefficient (Wildman–Crippen LogP) is 4.53. The standard InChI is InChI=1S/C17H17NS/c18-17(10-9-16-6-3-11-19-16)15-8-7-13-4-1-2-5-14(13)12-15/h1-8,11-12,17H,9-10,18H2. The van der Waals surface area contributed by atoms with Crippen LogP contribution in [-0.2, 0) is 6.42 Å². The van der Waals surface area contributed by atoms with E-state index in [9.17, 15) is 0 Å². The third-order valence-corrected chi connectivity index (χ3v) is 4.42. The molecule has 3 rings (SSSR count). The van der Waals surface area contributed by atoms with Crippen LogP contribution in [-0.4, -0.2) is 0 Å². The number of nitrogens with two attached hydrogens (primary N) is 1. The Morgan fingerprint density at radius 1 is 0.947 bits per heavy atom. The molecule has 1 atom stereocenters. The van der Waals surface area contributed by atoms with E-state index in [1.54, 1.807) is 0 Å². The van der Waals surface area contributed by atoms with E-state index in [0.717, 1.165) is 12.8 Å². The SMILES string of the molecule is NC(CCc1cccs1)c1ccc2ccccc2c1. The summed E-state index contributed by atoms with van der Waals surface area (Å²) in [5, 5.41) is 4.67. The lowest BCUT2D eigenvalue weighted by molar-refractivity contribution is 0.656. The van der Waals surface area contributed by atoms with Gasteiger partial charge in [0.05, 0.1) is 0 Å². The second kappa shape index (κ2) is 5.55. The molecule has 0 spiro atoms. The lowest BCUT2D eigenvalue weighted by atomic mass is 9.99. The first kappa shape index (κ1) is 12.4. The summed E-state index contributed by atoms with van der Waals surface area (Å²) in [6, 6.07) is 19.3. The zero-order valence-corrected chi connectivity index (χ0v) is 11.6. The second-order valence-electron chi connectivity index (χ2n) is 4.83. The molecule has 2 N–H and O–H groups in total. The fraction of sp³-hybridized carbons (Fsp3) is 0.176. The van der Waals surface area contributed by atoms with Crippen LogP contribution in [0, 0.1) is 0 Å². The number of benzene rings is 2. The number of fused-ring (bicyclic) bond motifs is 1. The van der Waals surface area contributed by atoms with E-state index in [-0.39, 0.29) is 6.04 Å². The highest BCUT2D eigenvalue weighted by Crippen LogP contribution is 2.23.